The van der Waals surface area contributed by atoms with E-state index in [0.717, 1.165) is 44.9 Å². The first kappa shape index (κ1) is 18.4. The van der Waals surface area contributed by atoms with Gasteiger partial charge in [-0.2, -0.15) is 0 Å². The van der Waals surface area contributed by atoms with E-state index in [2.05, 4.69) is 66.9 Å². The van der Waals surface area contributed by atoms with E-state index in [9.17, 15) is 0 Å². The molecule has 1 aromatic heterocycles. The van der Waals surface area contributed by atoms with Gasteiger partial charge in [0.2, 0.25) is 0 Å². The number of benzene rings is 1. The largest absolute Gasteiger partial charge is 0.377 e. The van der Waals surface area contributed by atoms with Crippen molar-refractivity contribution < 1.29 is 4.74 Å². The van der Waals surface area contributed by atoms with Gasteiger partial charge < -0.3 is 20.4 Å². The minimum absolute atomic E-state index is 0.168. The van der Waals surface area contributed by atoms with Gasteiger partial charge in [-0.1, -0.05) is 32.0 Å². The number of nitrogens with one attached hydrogen (secondary N) is 3. The van der Waals surface area contributed by atoms with Crippen molar-refractivity contribution in [1.82, 2.24) is 15.6 Å². The number of aryl methyl sites for hydroxylation is 1. The highest BCUT2D eigenvalue weighted by Gasteiger charge is 2.59. The summed E-state index contributed by atoms with van der Waals surface area (Å²) in [6.07, 6.45) is 5.78. The van der Waals surface area contributed by atoms with Gasteiger partial charge in [0.05, 0.1) is 6.10 Å². The Kier molecular flexibility index (Phi) is 5.13. The number of aliphatic imine (C=N–C) groups is 1. The molecular weight excluding hydrogens is 336 g/mol. The molecule has 5 heteroatoms. The third-order valence-electron chi connectivity index (χ3n) is 6.29. The van der Waals surface area contributed by atoms with Crippen LogP contribution in [-0.2, 0) is 11.2 Å². The van der Waals surface area contributed by atoms with Gasteiger partial charge in [-0.3, -0.25) is 4.99 Å². The van der Waals surface area contributed by atoms with Crippen molar-refractivity contribution in [1.29, 1.82) is 0 Å². The molecule has 3 atom stereocenters. The van der Waals surface area contributed by atoms with E-state index in [1.54, 1.807) is 0 Å². The van der Waals surface area contributed by atoms with Gasteiger partial charge in [0.1, 0.15) is 0 Å². The van der Waals surface area contributed by atoms with Crippen molar-refractivity contribution in [3.8, 4) is 0 Å². The summed E-state index contributed by atoms with van der Waals surface area (Å²) in [4.78, 5) is 8.20. The van der Waals surface area contributed by atoms with Gasteiger partial charge in [-0.15, -0.1) is 0 Å². The maximum atomic E-state index is 5.91. The normalized spacial score (nSPS) is 26.6. The average Bonchev–Trinajstić information content (AvgIpc) is 3.29. The second-order valence-electron chi connectivity index (χ2n) is 8.41. The first-order chi connectivity index (χ1) is 13.1. The van der Waals surface area contributed by atoms with Gasteiger partial charge in [-0.25, -0.2) is 0 Å². The predicted octanol–water partition coefficient (Wildman–Crippen LogP) is 3.47. The van der Waals surface area contributed by atoms with Crippen LogP contribution in [0.25, 0.3) is 10.9 Å². The van der Waals surface area contributed by atoms with E-state index >= 15 is 0 Å². The molecule has 0 bridgehead atoms. The molecule has 5 nitrogen and oxygen atoms in total. The molecule has 4 rings (SSSR count). The molecule has 3 unspecified atom stereocenters. The van der Waals surface area contributed by atoms with Crippen molar-refractivity contribution in [3.63, 3.8) is 0 Å². The van der Waals surface area contributed by atoms with Gasteiger partial charge >= 0.3 is 0 Å². The molecular formula is C22H32N4O. The third-order valence-corrected chi connectivity index (χ3v) is 6.29. The standard InChI is InChI=1S/C22H32N4O/c1-4-23-21(26-19-17-11-13-27-20(17)22(19,2)3)24-12-7-8-15-14-25-18-10-6-5-9-16(15)18/h5-6,9-10,14,17,19-20,25H,4,7-8,11-13H2,1-3H3,(H2,23,24,26). The van der Waals surface area contributed by atoms with Crippen molar-refractivity contribution >= 4 is 16.9 Å². The highest BCUT2D eigenvalue weighted by Crippen LogP contribution is 2.52. The van der Waals surface area contributed by atoms with E-state index in [4.69, 9.17) is 9.73 Å². The van der Waals surface area contributed by atoms with Gasteiger partial charge in [-0.05, 0) is 37.8 Å². The lowest BCUT2D eigenvalue weighted by Gasteiger charge is -2.54. The first-order valence-electron chi connectivity index (χ1n) is 10.3. The van der Waals surface area contributed by atoms with Gasteiger partial charge in [0.25, 0.3) is 0 Å². The molecule has 1 saturated carbocycles. The summed E-state index contributed by atoms with van der Waals surface area (Å²) >= 11 is 0. The molecule has 3 N–H and O–H groups in total. The second kappa shape index (κ2) is 7.55. The smallest absolute Gasteiger partial charge is 0.191 e. The zero-order valence-corrected chi connectivity index (χ0v) is 16.7. The number of fused-ring (bicyclic) bond motifs is 2. The fraction of sp³-hybridized carbons (Fsp3) is 0.591. The monoisotopic (exact) mass is 368 g/mol. The minimum atomic E-state index is 0.168. The number of guanidine groups is 1. The fourth-order valence-corrected chi connectivity index (χ4v) is 4.88. The SMILES string of the molecule is CCNC(=NCCCc1c[nH]c2ccccc12)NC1C2CCOC2C1(C)C. The Hall–Kier alpha value is -2.01. The van der Waals surface area contributed by atoms with Crippen LogP contribution in [0.3, 0.4) is 0 Å². The zero-order valence-electron chi connectivity index (χ0n) is 16.7. The van der Waals surface area contributed by atoms with Crippen LogP contribution in [0.4, 0.5) is 0 Å². The van der Waals surface area contributed by atoms with E-state index in [0.29, 0.717) is 18.1 Å². The van der Waals surface area contributed by atoms with Crippen LogP contribution in [0.2, 0.25) is 0 Å². The number of H-pyrrole nitrogens is 1. The highest BCUT2D eigenvalue weighted by molar-refractivity contribution is 5.83. The number of rotatable bonds is 6. The predicted molar refractivity (Wildman–Crippen MR) is 111 cm³/mol. The topological polar surface area (TPSA) is 61.4 Å². The summed E-state index contributed by atoms with van der Waals surface area (Å²) in [6, 6.07) is 8.94. The van der Waals surface area contributed by atoms with Crippen LogP contribution in [-0.4, -0.2) is 42.8 Å². The van der Waals surface area contributed by atoms with Crippen LogP contribution < -0.4 is 10.6 Å². The van der Waals surface area contributed by atoms with Crippen molar-refractivity contribution in [2.24, 2.45) is 16.3 Å². The summed E-state index contributed by atoms with van der Waals surface area (Å²) in [5, 5.41) is 8.44. The van der Waals surface area contributed by atoms with Crippen molar-refractivity contribution in [2.75, 3.05) is 19.7 Å². The number of ether oxygens (including phenoxy) is 1. The Labute approximate surface area is 162 Å². The Morgan fingerprint density at radius 1 is 1.33 bits per heavy atom. The molecule has 0 radical (unpaired) electrons. The number of hydrogen-bond donors (Lipinski definition) is 3. The summed E-state index contributed by atoms with van der Waals surface area (Å²) in [7, 11) is 0. The number of aromatic nitrogens is 1. The maximum Gasteiger partial charge on any atom is 0.191 e. The summed E-state index contributed by atoms with van der Waals surface area (Å²) < 4.78 is 5.91. The molecule has 1 aromatic carbocycles. The summed E-state index contributed by atoms with van der Waals surface area (Å²) in [6.45, 7) is 9.33. The lowest BCUT2D eigenvalue weighted by Crippen LogP contribution is -2.67. The summed E-state index contributed by atoms with van der Waals surface area (Å²) in [5.74, 6) is 1.56. The molecule has 1 saturated heterocycles. The van der Waals surface area contributed by atoms with E-state index in [1.165, 1.54) is 16.5 Å². The van der Waals surface area contributed by atoms with Gasteiger partial charge in [0, 0.05) is 54.2 Å². The molecule has 1 aliphatic heterocycles. The molecule has 2 aromatic rings. The molecule has 2 aliphatic rings. The number of nitrogens with zero attached hydrogens (tertiary/aromatic N) is 1. The Balaban J connectivity index is 1.34. The Bertz CT molecular complexity index is 810. The Morgan fingerprint density at radius 3 is 3.04 bits per heavy atom. The average molecular weight is 369 g/mol. The summed E-state index contributed by atoms with van der Waals surface area (Å²) in [5.41, 5.74) is 2.76. The number of aromatic amines is 1. The lowest BCUT2D eigenvalue weighted by molar-refractivity contribution is -0.106. The Morgan fingerprint density at radius 2 is 2.19 bits per heavy atom. The molecule has 2 heterocycles. The third kappa shape index (κ3) is 3.45. The quantitative estimate of drug-likeness (QED) is 0.416. The number of para-hydroxylation sites is 1. The van der Waals surface area contributed by atoms with Crippen LogP contribution >= 0.6 is 0 Å². The highest BCUT2D eigenvalue weighted by atomic mass is 16.5. The van der Waals surface area contributed by atoms with E-state index in [-0.39, 0.29) is 5.41 Å². The van der Waals surface area contributed by atoms with Gasteiger partial charge in [0.15, 0.2) is 5.96 Å². The van der Waals surface area contributed by atoms with Crippen LogP contribution in [0, 0.1) is 11.3 Å². The maximum absolute atomic E-state index is 5.91. The lowest BCUT2D eigenvalue weighted by atomic mass is 9.57. The molecule has 0 amide bonds. The zero-order chi connectivity index (χ0) is 18.9. The minimum Gasteiger partial charge on any atom is -0.377 e. The molecule has 27 heavy (non-hydrogen) atoms. The molecule has 0 spiro atoms. The van der Waals surface area contributed by atoms with Crippen LogP contribution in [0.15, 0.2) is 35.5 Å². The molecule has 1 aliphatic carbocycles. The van der Waals surface area contributed by atoms with Crippen molar-refractivity contribution in [3.05, 3.63) is 36.0 Å². The first-order valence-corrected chi connectivity index (χ1v) is 10.3. The number of hydrogen-bond acceptors (Lipinski definition) is 2. The van der Waals surface area contributed by atoms with E-state index in [1.807, 2.05) is 0 Å². The molecule has 2 fully saturated rings. The second-order valence-corrected chi connectivity index (χ2v) is 8.41. The van der Waals surface area contributed by atoms with Crippen LogP contribution in [0.1, 0.15) is 39.2 Å². The van der Waals surface area contributed by atoms with Crippen molar-refractivity contribution in [2.45, 2.75) is 52.2 Å². The molecule has 146 valence electrons. The fourth-order valence-electron chi connectivity index (χ4n) is 4.88. The van der Waals surface area contributed by atoms with E-state index < -0.39 is 0 Å². The van der Waals surface area contributed by atoms with Crippen LogP contribution in [0.5, 0.6) is 0 Å².